The Balaban J connectivity index is 2.70. The first kappa shape index (κ1) is 15.2. The van der Waals surface area contributed by atoms with Crippen LogP contribution >= 0.6 is 15.9 Å². The Morgan fingerprint density at radius 1 is 1.44 bits per heavy atom. The molecule has 18 heavy (non-hydrogen) atoms. The molecular formula is C13H23BrN4. The summed E-state index contributed by atoms with van der Waals surface area (Å²) in [4.78, 5) is 6.72. The molecule has 1 unspecified atom stereocenters. The van der Waals surface area contributed by atoms with E-state index >= 15 is 0 Å². The second-order valence-electron chi connectivity index (χ2n) is 4.53. The minimum atomic E-state index is 0.344. The van der Waals surface area contributed by atoms with Gasteiger partial charge >= 0.3 is 0 Å². The Morgan fingerprint density at radius 2 is 2.06 bits per heavy atom. The Labute approximate surface area is 118 Å². The summed E-state index contributed by atoms with van der Waals surface area (Å²) < 4.78 is 0.953. The summed E-state index contributed by atoms with van der Waals surface area (Å²) in [7, 11) is 0. The van der Waals surface area contributed by atoms with Crippen molar-refractivity contribution in [2.24, 2.45) is 0 Å². The van der Waals surface area contributed by atoms with Gasteiger partial charge in [-0.3, -0.25) is 0 Å². The predicted molar refractivity (Wildman–Crippen MR) is 82.0 cm³/mol. The van der Waals surface area contributed by atoms with Gasteiger partial charge in [-0.15, -0.1) is 0 Å². The van der Waals surface area contributed by atoms with E-state index in [9.17, 15) is 0 Å². The molecule has 1 aromatic rings. The molecule has 0 aliphatic heterocycles. The summed E-state index contributed by atoms with van der Waals surface area (Å²) in [6.07, 6.45) is 1.70. The molecule has 0 bridgehead atoms. The van der Waals surface area contributed by atoms with Gasteiger partial charge in [0.1, 0.15) is 5.82 Å². The average Bonchev–Trinajstić information content (AvgIpc) is 2.36. The third-order valence-electron chi connectivity index (χ3n) is 3.11. The fourth-order valence-electron chi connectivity index (χ4n) is 1.84. The van der Waals surface area contributed by atoms with Crippen molar-refractivity contribution >= 4 is 27.4 Å². The molecule has 3 N–H and O–H groups in total. The SMILES string of the molecule is CCN(CC)CC(C)Nc1ncc(N)c(C)c1Br. The van der Waals surface area contributed by atoms with Crippen LogP contribution in [0.15, 0.2) is 10.7 Å². The van der Waals surface area contributed by atoms with E-state index in [2.05, 4.69) is 51.9 Å². The van der Waals surface area contributed by atoms with Gasteiger partial charge in [-0.2, -0.15) is 0 Å². The van der Waals surface area contributed by atoms with Crippen LogP contribution in [0, 0.1) is 6.92 Å². The van der Waals surface area contributed by atoms with Crippen molar-refractivity contribution in [1.82, 2.24) is 9.88 Å². The monoisotopic (exact) mass is 314 g/mol. The standard InChI is InChI=1S/C13H23BrN4/c1-5-18(6-2)8-9(3)17-13-12(14)10(4)11(15)7-16-13/h7,9H,5-6,8,15H2,1-4H3,(H,16,17). The number of hydrogen-bond acceptors (Lipinski definition) is 4. The topological polar surface area (TPSA) is 54.2 Å². The molecule has 0 fully saturated rings. The minimum absolute atomic E-state index is 0.344. The molecule has 0 spiro atoms. The van der Waals surface area contributed by atoms with E-state index in [4.69, 9.17) is 5.73 Å². The highest BCUT2D eigenvalue weighted by Crippen LogP contribution is 2.28. The Kier molecular flexibility index (Phi) is 5.88. The molecule has 4 nitrogen and oxygen atoms in total. The van der Waals surface area contributed by atoms with Crippen molar-refractivity contribution in [2.75, 3.05) is 30.7 Å². The first-order valence-corrected chi connectivity index (χ1v) is 7.18. The Hall–Kier alpha value is -0.810. The number of anilines is 2. The summed E-state index contributed by atoms with van der Waals surface area (Å²) in [6, 6.07) is 0.344. The number of nitrogens with zero attached hydrogens (tertiary/aromatic N) is 2. The molecule has 0 aliphatic carbocycles. The van der Waals surface area contributed by atoms with Gasteiger partial charge in [-0.1, -0.05) is 13.8 Å². The Bertz CT molecular complexity index is 391. The van der Waals surface area contributed by atoms with Gasteiger partial charge in [0.15, 0.2) is 0 Å². The summed E-state index contributed by atoms with van der Waals surface area (Å²) in [5.41, 5.74) is 7.56. The van der Waals surface area contributed by atoms with E-state index in [0.29, 0.717) is 11.7 Å². The molecule has 0 saturated heterocycles. The normalized spacial score (nSPS) is 12.8. The van der Waals surface area contributed by atoms with Gasteiger partial charge in [-0.05, 0) is 48.4 Å². The summed E-state index contributed by atoms with van der Waals surface area (Å²) >= 11 is 3.54. The average molecular weight is 315 g/mol. The van der Waals surface area contributed by atoms with Crippen LogP contribution in [-0.4, -0.2) is 35.6 Å². The van der Waals surface area contributed by atoms with E-state index in [0.717, 1.165) is 35.5 Å². The van der Waals surface area contributed by atoms with Gasteiger partial charge in [-0.25, -0.2) is 4.98 Å². The molecule has 1 atom stereocenters. The van der Waals surface area contributed by atoms with Gasteiger partial charge in [0.25, 0.3) is 0 Å². The van der Waals surface area contributed by atoms with Gasteiger partial charge in [0.05, 0.1) is 16.4 Å². The fraction of sp³-hybridized carbons (Fsp3) is 0.615. The van der Waals surface area contributed by atoms with Gasteiger partial charge in [0, 0.05) is 12.6 Å². The zero-order valence-electron chi connectivity index (χ0n) is 11.6. The number of hydrogen-bond donors (Lipinski definition) is 2. The largest absolute Gasteiger partial charge is 0.397 e. The van der Waals surface area contributed by atoms with Crippen molar-refractivity contribution < 1.29 is 0 Å². The lowest BCUT2D eigenvalue weighted by atomic mass is 10.2. The fourth-order valence-corrected chi connectivity index (χ4v) is 2.29. The summed E-state index contributed by atoms with van der Waals surface area (Å²) in [6.45, 7) is 11.6. The first-order valence-electron chi connectivity index (χ1n) is 6.39. The number of likely N-dealkylation sites (N-methyl/N-ethyl adjacent to an activating group) is 1. The van der Waals surface area contributed by atoms with Crippen molar-refractivity contribution in [3.8, 4) is 0 Å². The number of rotatable bonds is 6. The van der Waals surface area contributed by atoms with E-state index in [1.165, 1.54) is 0 Å². The molecule has 0 saturated carbocycles. The second-order valence-corrected chi connectivity index (χ2v) is 5.33. The van der Waals surface area contributed by atoms with Crippen LogP contribution in [-0.2, 0) is 0 Å². The third-order valence-corrected chi connectivity index (χ3v) is 4.08. The van der Waals surface area contributed by atoms with Crippen LogP contribution in [0.3, 0.4) is 0 Å². The van der Waals surface area contributed by atoms with Crippen molar-refractivity contribution in [3.63, 3.8) is 0 Å². The van der Waals surface area contributed by atoms with Gasteiger partial charge in [0.2, 0.25) is 0 Å². The summed E-state index contributed by atoms with van der Waals surface area (Å²) in [5, 5.41) is 3.42. The number of halogens is 1. The highest BCUT2D eigenvalue weighted by atomic mass is 79.9. The maximum absolute atomic E-state index is 5.82. The zero-order chi connectivity index (χ0) is 13.7. The molecule has 102 valence electrons. The number of nitrogens with one attached hydrogen (secondary N) is 1. The van der Waals surface area contributed by atoms with Crippen molar-refractivity contribution in [1.29, 1.82) is 0 Å². The number of nitrogen functional groups attached to an aromatic ring is 1. The lowest BCUT2D eigenvalue weighted by molar-refractivity contribution is 0.294. The lowest BCUT2D eigenvalue weighted by Gasteiger charge is -2.24. The van der Waals surface area contributed by atoms with Crippen LogP contribution in [0.25, 0.3) is 0 Å². The predicted octanol–water partition coefficient (Wildman–Crippen LogP) is 2.88. The molecule has 5 heteroatoms. The molecule has 0 aromatic carbocycles. The number of nitrogens with two attached hydrogens (primary N) is 1. The third kappa shape index (κ3) is 3.85. The van der Waals surface area contributed by atoms with E-state index in [1.807, 2.05) is 6.92 Å². The van der Waals surface area contributed by atoms with Gasteiger partial charge < -0.3 is 16.0 Å². The summed E-state index contributed by atoms with van der Waals surface area (Å²) in [5.74, 6) is 0.862. The second kappa shape index (κ2) is 6.95. The molecule has 0 amide bonds. The van der Waals surface area contributed by atoms with Crippen LogP contribution < -0.4 is 11.1 Å². The highest BCUT2D eigenvalue weighted by Gasteiger charge is 2.12. The van der Waals surface area contributed by atoms with Crippen LogP contribution in [0.2, 0.25) is 0 Å². The smallest absolute Gasteiger partial charge is 0.140 e. The number of aromatic nitrogens is 1. The molecule has 0 radical (unpaired) electrons. The maximum Gasteiger partial charge on any atom is 0.140 e. The van der Waals surface area contributed by atoms with E-state index in [-0.39, 0.29) is 0 Å². The maximum atomic E-state index is 5.82. The zero-order valence-corrected chi connectivity index (χ0v) is 13.2. The molecule has 0 aliphatic rings. The highest BCUT2D eigenvalue weighted by molar-refractivity contribution is 9.10. The van der Waals surface area contributed by atoms with Crippen LogP contribution in [0.5, 0.6) is 0 Å². The van der Waals surface area contributed by atoms with Crippen molar-refractivity contribution in [3.05, 3.63) is 16.2 Å². The van der Waals surface area contributed by atoms with Crippen LogP contribution in [0.4, 0.5) is 11.5 Å². The van der Waals surface area contributed by atoms with E-state index < -0.39 is 0 Å². The molecule has 1 aromatic heterocycles. The Morgan fingerprint density at radius 3 is 2.61 bits per heavy atom. The number of pyridine rings is 1. The first-order chi connectivity index (χ1) is 8.49. The molecule has 1 heterocycles. The minimum Gasteiger partial charge on any atom is -0.397 e. The van der Waals surface area contributed by atoms with E-state index in [1.54, 1.807) is 6.20 Å². The molecule has 1 rings (SSSR count). The quantitative estimate of drug-likeness (QED) is 0.847. The molecular weight excluding hydrogens is 292 g/mol. The van der Waals surface area contributed by atoms with Crippen molar-refractivity contribution in [2.45, 2.75) is 33.7 Å². The lowest BCUT2D eigenvalue weighted by Crippen LogP contribution is -2.35. The van der Waals surface area contributed by atoms with Crippen LogP contribution in [0.1, 0.15) is 26.3 Å².